The van der Waals surface area contributed by atoms with E-state index in [9.17, 15) is 15.4 Å². The van der Waals surface area contributed by atoms with Crippen molar-refractivity contribution in [2.24, 2.45) is 0 Å². The molecule has 7 heteroatoms. The number of allylic oxidation sites excluding steroid dienone is 1. The minimum Gasteiger partial charge on any atom is -0.337 e. The minimum atomic E-state index is -0.449. The zero-order valence-electron chi connectivity index (χ0n) is 10.6. The molecule has 0 atom stereocenters. The first-order valence-corrected chi connectivity index (χ1v) is 6.85. The molecule has 0 radical (unpaired) electrons. The average Bonchev–Trinajstić information content (AvgIpc) is 3.11. The van der Waals surface area contributed by atoms with Gasteiger partial charge in [-0.15, -0.1) is 0 Å². The van der Waals surface area contributed by atoms with Gasteiger partial charge in [0.05, 0.1) is 21.5 Å². The molecule has 1 N–H and O–H groups in total. The van der Waals surface area contributed by atoms with E-state index in [1.807, 2.05) is 24.3 Å². The van der Waals surface area contributed by atoms with Gasteiger partial charge in [0.25, 0.3) is 0 Å². The van der Waals surface area contributed by atoms with Crippen LogP contribution < -0.4 is 0 Å². The predicted octanol–water partition coefficient (Wildman–Crippen LogP) is 3.60. The Kier molecular flexibility index (Phi) is 3.22. The van der Waals surface area contributed by atoms with Gasteiger partial charge in [-0.25, -0.2) is 4.98 Å². The van der Waals surface area contributed by atoms with Gasteiger partial charge < -0.3 is 4.98 Å². The molecule has 0 unspecified atom stereocenters. The number of fused-ring (bicyclic) bond motifs is 1. The standard InChI is InChI=1S/C14H8N4O2S/c15-7-10(5-9-6-13(18(19)20)21-8-9)14-16-11-3-1-2-4-12(11)17-14/h1-6,8H,(H,16,17)/b10-5+. The number of H-pyrrole nitrogens is 1. The molecule has 0 fully saturated rings. The number of nitro groups is 1. The Morgan fingerprint density at radius 3 is 2.95 bits per heavy atom. The van der Waals surface area contributed by atoms with Crippen molar-refractivity contribution in [3.8, 4) is 6.07 Å². The molecule has 21 heavy (non-hydrogen) atoms. The maximum Gasteiger partial charge on any atom is 0.324 e. The number of nitriles is 1. The summed E-state index contributed by atoms with van der Waals surface area (Å²) in [6, 6.07) is 11.0. The minimum absolute atomic E-state index is 0.0446. The van der Waals surface area contributed by atoms with Crippen LogP contribution in [0.2, 0.25) is 0 Å². The van der Waals surface area contributed by atoms with E-state index in [0.717, 1.165) is 22.4 Å². The molecule has 0 spiro atoms. The summed E-state index contributed by atoms with van der Waals surface area (Å²) in [5.74, 6) is 0.451. The van der Waals surface area contributed by atoms with Crippen LogP contribution in [-0.4, -0.2) is 14.9 Å². The Hall–Kier alpha value is -2.98. The van der Waals surface area contributed by atoms with Crippen LogP contribution in [-0.2, 0) is 0 Å². The van der Waals surface area contributed by atoms with Crippen molar-refractivity contribution in [1.82, 2.24) is 9.97 Å². The molecule has 1 aromatic carbocycles. The SMILES string of the molecule is N#C/C(=C\c1csc([N+](=O)[O-])c1)c1nc2ccccc2[nH]1. The Labute approximate surface area is 123 Å². The molecule has 0 amide bonds. The number of benzene rings is 1. The van der Waals surface area contributed by atoms with Gasteiger partial charge in [-0.2, -0.15) is 5.26 Å². The number of aromatic amines is 1. The second-order valence-electron chi connectivity index (χ2n) is 4.25. The van der Waals surface area contributed by atoms with Crippen molar-refractivity contribution in [3.63, 3.8) is 0 Å². The molecule has 0 aliphatic heterocycles. The molecule has 2 heterocycles. The van der Waals surface area contributed by atoms with Crippen molar-refractivity contribution in [2.45, 2.75) is 0 Å². The highest BCUT2D eigenvalue weighted by molar-refractivity contribution is 7.13. The third-order valence-corrected chi connectivity index (χ3v) is 3.76. The number of thiophene rings is 1. The van der Waals surface area contributed by atoms with Crippen molar-refractivity contribution in [1.29, 1.82) is 5.26 Å². The highest BCUT2D eigenvalue weighted by atomic mass is 32.1. The Bertz CT molecular complexity index is 868. The second kappa shape index (κ2) is 5.19. The topological polar surface area (TPSA) is 95.6 Å². The number of rotatable bonds is 3. The van der Waals surface area contributed by atoms with Gasteiger partial charge >= 0.3 is 5.00 Å². The van der Waals surface area contributed by atoms with Crippen molar-refractivity contribution in [3.05, 3.63) is 57.2 Å². The van der Waals surface area contributed by atoms with Crippen LogP contribution in [0.3, 0.4) is 0 Å². The summed E-state index contributed by atoms with van der Waals surface area (Å²) in [7, 11) is 0. The van der Waals surface area contributed by atoms with E-state index in [-0.39, 0.29) is 5.00 Å². The largest absolute Gasteiger partial charge is 0.337 e. The lowest BCUT2D eigenvalue weighted by Crippen LogP contribution is -1.84. The van der Waals surface area contributed by atoms with Gasteiger partial charge in [-0.1, -0.05) is 23.5 Å². The second-order valence-corrected chi connectivity index (χ2v) is 5.14. The first kappa shape index (κ1) is 13.0. The molecule has 0 aliphatic carbocycles. The molecule has 3 rings (SSSR count). The van der Waals surface area contributed by atoms with E-state index in [1.54, 1.807) is 11.5 Å². The maximum absolute atomic E-state index is 10.7. The zero-order valence-corrected chi connectivity index (χ0v) is 11.4. The fourth-order valence-electron chi connectivity index (χ4n) is 1.91. The molecule has 2 aromatic heterocycles. The molecule has 0 bridgehead atoms. The van der Waals surface area contributed by atoms with Gasteiger partial charge in [0.15, 0.2) is 0 Å². The summed E-state index contributed by atoms with van der Waals surface area (Å²) >= 11 is 1.03. The van der Waals surface area contributed by atoms with E-state index >= 15 is 0 Å². The lowest BCUT2D eigenvalue weighted by Gasteiger charge is -1.91. The van der Waals surface area contributed by atoms with E-state index < -0.39 is 4.92 Å². The van der Waals surface area contributed by atoms with Gasteiger partial charge in [-0.3, -0.25) is 10.1 Å². The highest BCUT2D eigenvalue weighted by Crippen LogP contribution is 2.26. The van der Waals surface area contributed by atoms with Crippen molar-refractivity contribution >= 4 is 39.0 Å². The van der Waals surface area contributed by atoms with Crippen LogP contribution in [0.15, 0.2) is 35.7 Å². The fraction of sp³-hybridized carbons (Fsp3) is 0. The summed E-state index contributed by atoms with van der Waals surface area (Å²) < 4.78 is 0. The summed E-state index contributed by atoms with van der Waals surface area (Å²) in [6.45, 7) is 0. The van der Waals surface area contributed by atoms with Crippen molar-refractivity contribution in [2.75, 3.05) is 0 Å². The van der Waals surface area contributed by atoms with Gasteiger partial charge in [-0.05, 0) is 23.8 Å². The number of nitrogens with zero attached hydrogens (tertiary/aromatic N) is 3. The molecular weight excluding hydrogens is 288 g/mol. The van der Waals surface area contributed by atoms with Crippen LogP contribution in [0.4, 0.5) is 5.00 Å². The average molecular weight is 296 g/mol. The van der Waals surface area contributed by atoms with E-state index in [1.165, 1.54) is 6.07 Å². The van der Waals surface area contributed by atoms with E-state index in [4.69, 9.17) is 0 Å². The summed E-state index contributed by atoms with van der Waals surface area (Å²) in [6.07, 6.45) is 1.58. The van der Waals surface area contributed by atoms with Crippen LogP contribution >= 0.6 is 11.3 Å². The van der Waals surface area contributed by atoms with E-state index in [0.29, 0.717) is 17.0 Å². The number of hydrogen-bond acceptors (Lipinski definition) is 5. The summed E-state index contributed by atoms with van der Waals surface area (Å²) in [5, 5.41) is 21.6. The zero-order chi connectivity index (χ0) is 14.8. The quantitative estimate of drug-likeness (QED) is 0.453. The normalized spacial score (nSPS) is 11.5. The third-order valence-electron chi connectivity index (χ3n) is 2.86. The first-order chi connectivity index (χ1) is 10.2. The molecule has 102 valence electrons. The highest BCUT2D eigenvalue weighted by Gasteiger charge is 2.11. The number of hydrogen-bond donors (Lipinski definition) is 1. The Morgan fingerprint density at radius 1 is 1.48 bits per heavy atom. The number of imidazole rings is 1. The Balaban J connectivity index is 2.02. The van der Waals surface area contributed by atoms with E-state index in [2.05, 4.69) is 16.0 Å². The number of aromatic nitrogens is 2. The predicted molar refractivity (Wildman–Crippen MR) is 80.6 cm³/mol. The molecular formula is C14H8N4O2S. The molecule has 0 saturated heterocycles. The summed E-state index contributed by atoms with van der Waals surface area (Å²) in [4.78, 5) is 17.6. The first-order valence-electron chi connectivity index (χ1n) is 5.97. The maximum atomic E-state index is 10.7. The van der Waals surface area contributed by atoms with Crippen LogP contribution in [0.25, 0.3) is 22.7 Å². The lowest BCUT2D eigenvalue weighted by molar-refractivity contribution is -0.380. The Morgan fingerprint density at radius 2 is 2.29 bits per heavy atom. The van der Waals surface area contributed by atoms with Gasteiger partial charge in [0, 0.05) is 11.4 Å². The third kappa shape index (κ3) is 2.52. The monoisotopic (exact) mass is 296 g/mol. The van der Waals surface area contributed by atoms with Crippen molar-refractivity contribution < 1.29 is 4.92 Å². The molecule has 3 aromatic rings. The van der Waals surface area contributed by atoms with Crippen LogP contribution in [0.1, 0.15) is 11.4 Å². The van der Waals surface area contributed by atoms with Crippen LogP contribution in [0.5, 0.6) is 0 Å². The van der Waals surface area contributed by atoms with Crippen LogP contribution in [0, 0.1) is 21.4 Å². The summed E-state index contributed by atoms with van der Waals surface area (Å²) in [5.41, 5.74) is 2.55. The lowest BCUT2D eigenvalue weighted by atomic mass is 10.2. The number of nitrogens with one attached hydrogen (secondary N) is 1. The molecule has 0 saturated carbocycles. The number of para-hydroxylation sites is 2. The smallest absolute Gasteiger partial charge is 0.324 e. The van der Waals surface area contributed by atoms with Gasteiger partial charge in [0.1, 0.15) is 11.9 Å². The molecule has 0 aliphatic rings. The van der Waals surface area contributed by atoms with Gasteiger partial charge in [0.2, 0.25) is 0 Å². The fourth-order valence-corrected chi connectivity index (χ4v) is 2.59. The molecule has 6 nitrogen and oxygen atoms in total.